The molecule has 7 heteroatoms. The first-order chi connectivity index (χ1) is 14.8. The maximum absolute atomic E-state index is 12.3. The number of rotatable bonds is 5. The van der Waals surface area contributed by atoms with E-state index in [-0.39, 0.29) is 5.56 Å². The van der Waals surface area contributed by atoms with Crippen molar-refractivity contribution in [1.29, 1.82) is 0 Å². The Morgan fingerprint density at radius 1 is 0.968 bits per heavy atom. The zero-order valence-electron chi connectivity index (χ0n) is 18.0. The quantitative estimate of drug-likeness (QED) is 0.656. The maximum Gasteiger partial charge on any atom is 0.335 e. The molecule has 1 fully saturated rings. The number of carboxylic acid groups (broad SMARTS) is 2. The molecule has 0 saturated carbocycles. The number of hydrogen-bond acceptors (Lipinski definition) is 4. The van der Waals surface area contributed by atoms with E-state index < -0.39 is 18.0 Å². The number of benzene rings is 2. The van der Waals surface area contributed by atoms with Gasteiger partial charge in [-0.2, -0.15) is 0 Å². The van der Waals surface area contributed by atoms with Crippen molar-refractivity contribution in [2.45, 2.75) is 19.9 Å². The van der Waals surface area contributed by atoms with E-state index in [2.05, 4.69) is 36.9 Å². The predicted molar refractivity (Wildman–Crippen MR) is 120 cm³/mol. The summed E-state index contributed by atoms with van der Waals surface area (Å²) in [4.78, 5) is 28.1. The van der Waals surface area contributed by atoms with Gasteiger partial charge in [0, 0.05) is 61.6 Å². The summed E-state index contributed by atoms with van der Waals surface area (Å²) in [7, 11) is 1.85. The Morgan fingerprint density at radius 3 is 2.29 bits per heavy atom. The molecular formula is C24H27N3O4. The van der Waals surface area contributed by atoms with Crippen LogP contribution in [-0.4, -0.2) is 57.8 Å². The van der Waals surface area contributed by atoms with Crippen molar-refractivity contribution in [3.05, 3.63) is 64.8 Å². The van der Waals surface area contributed by atoms with E-state index in [4.69, 9.17) is 0 Å². The van der Waals surface area contributed by atoms with E-state index in [0.717, 1.165) is 18.6 Å². The van der Waals surface area contributed by atoms with Crippen LogP contribution in [0.5, 0.6) is 0 Å². The Labute approximate surface area is 181 Å². The second-order valence-electron chi connectivity index (χ2n) is 8.29. The molecule has 0 amide bonds. The summed E-state index contributed by atoms with van der Waals surface area (Å²) in [5, 5.41) is 20.2. The second-order valence-corrected chi connectivity index (χ2v) is 8.29. The molecule has 0 radical (unpaired) electrons. The van der Waals surface area contributed by atoms with Crippen molar-refractivity contribution < 1.29 is 19.8 Å². The number of hydrogen-bond donors (Lipinski definition) is 2. The number of carboxylic acids is 2. The van der Waals surface area contributed by atoms with Gasteiger partial charge < -0.3 is 19.7 Å². The molecule has 4 rings (SSSR count). The summed E-state index contributed by atoms with van der Waals surface area (Å²) in [5.74, 6) is -1.95. The minimum absolute atomic E-state index is 0.156. The standard InChI is InChI=1S/C24H27N3O4/c1-15-4-6-20(16(2)12-15)26-8-10-27(11-9-26)22(24(30)31)19-14-25(3)21-7-5-17(23(28)29)13-18(19)21/h4-7,12-14,22H,8-11H2,1-3H3,(H,28,29)(H,30,31). The monoisotopic (exact) mass is 421 g/mol. The SMILES string of the molecule is Cc1ccc(N2CCN(C(C(=O)O)c3cn(C)c4ccc(C(=O)O)cc34)CC2)c(C)c1. The van der Waals surface area contributed by atoms with Gasteiger partial charge in [-0.25, -0.2) is 4.79 Å². The summed E-state index contributed by atoms with van der Waals surface area (Å²) < 4.78 is 1.86. The molecule has 0 aliphatic carbocycles. The average Bonchev–Trinajstić information content (AvgIpc) is 3.04. The van der Waals surface area contributed by atoms with Crippen LogP contribution in [0, 0.1) is 13.8 Å². The highest BCUT2D eigenvalue weighted by atomic mass is 16.4. The first-order valence-corrected chi connectivity index (χ1v) is 10.4. The number of aromatic carboxylic acids is 1. The van der Waals surface area contributed by atoms with Crippen LogP contribution in [0.3, 0.4) is 0 Å². The lowest BCUT2D eigenvalue weighted by Gasteiger charge is -2.39. The van der Waals surface area contributed by atoms with Crippen molar-refractivity contribution in [3.8, 4) is 0 Å². The summed E-state index contributed by atoms with van der Waals surface area (Å²) in [6.45, 7) is 6.87. The Balaban J connectivity index is 1.63. The van der Waals surface area contributed by atoms with Crippen LogP contribution < -0.4 is 4.90 Å². The molecule has 0 spiro atoms. The molecule has 1 atom stereocenters. The van der Waals surface area contributed by atoms with Crippen molar-refractivity contribution in [2.24, 2.45) is 7.05 Å². The summed E-state index contributed by atoms with van der Waals surface area (Å²) >= 11 is 0. The van der Waals surface area contributed by atoms with Crippen LogP contribution in [0.1, 0.15) is 33.1 Å². The first-order valence-electron chi connectivity index (χ1n) is 10.4. The van der Waals surface area contributed by atoms with Crippen LogP contribution in [0.2, 0.25) is 0 Å². The van der Waals surface area contributed by atoms with Gasteiger partial charge in [-0.15, -0.1) is 0 Å². The molecule has 1 aliphatic heterocycles. The largest absolute Gasteiger partial charge is 0.480 e. The van der Waals surface area contributed by atoms with E-state index in [1.54, 1.807) is 18.2 Å². The van der Waals surface area contributed by atoms with E-state index in [1.165, 1.54) is 16.8 Å². The predicted octanol–water partition coefficient (Wildman–Crippen LogP) is 3.44. The zero-order chi connectivity index (χ0) is 22.3. The molecule has 1 unspecified atom stereocenters. The van der Waals surface area contributed by atoms with Gasteiger partial charge in [0.1, 0.15) is 6.04 Å². The third kappa shape index (κ3) is 3.88. The van der Waals surface area contributed by atoms with Gasteiger partial charge in [-0.05, 0) is 43.7 Å². The Hall–Kier alpha value is -3.32. The van der Waals surface area contributed by atoms with E-state index >= 15 is 0 Å². The minimum Gasteiger partial charge on any atom is -0.480 e. The lowest BCUT2D eigenvalue weighted by Crippen LogP contribution is -2.49. The molecule has 2 N–H and O–H groups in total. The molecule has 162 valence electrons. The Kier molecular flexibility index (Phi) is 5.45. The van der Waals surface area contributed by atoms with Crippen LogP contribution in [0.4, 0.5) is 5.69 Å². The number of aromatic nitrogens is 1. The highest BCUT2D eigenvalue weighted by molar-refractivity contribution is 5.96. The number of carbonyl (C=O) groups is 2. The molecule has 2 heterocycles. The fourth-order valence-electron chi connectivity index (χ4n) is 4.64. The second kappa shape index (κ2) is 8.07. The van der Waals surface area contributed by atoms with Gasteiger partial charge in [0.25, 0.3) is 0 Å². The lowest BCUT2D eigenvalue weighted by atomic mass is 10.0. The topological polar surface area (TPSA) is 86.0 Å². The van der Waals surface area contributed by atoms with Gasteiger partial charge >= 0.3 is 11.9 Å². The first kappa shape index (κ1) is 20.9. The van der Waals surface area contributed by atoms with E-state index in [9.17, 15) is 19.8 Å². The fourth-order valence-corrected chi connectivity index (χ4v) is 4.64. The summed E-state index contributed by atoms with van der Waals surface area (Å²) in [6.07, 6.45) is 1.81. The van der Waals surface area contributed by atoms with Crippen molar-refractivity contribution >= 4 is 28.5 Å². The zero-order valence-corrected chi connectivity index (χ0v) is 18.0. The molecule has 1 saturated heterocycles. The highest BCUT2D eigenvalue weighted by Gasteiger charge is 2.33. The Bertz CT molecular complexity index is 1160. The van der Waals surface area contributed by atoms with E-state index in [0.29, 0.717) is 24.0 Å². The maximum atomic E-state index is 12.3. The van der Waals surface area contributed by atoms with Gasteiger partial charge in [-0.1, -0.05) is 17.7 Å². The third-order valence-corrected chi connectivity index (χ3v) is 6.17. The highest BCUT2D eigenvalue weighted by Crippen LogP contribution is 2.32. The number of piperazine rings is 1. The number of fused-ring (bicyclic) bond motifs is 1. The van der Waals surface area contributed by atoms with Crippen molar-refractivity contribution in [1.82, 2.24) is 9.47 Å². The molecule has 3 aromatic rings. The van der Waals surface area contributed by atoms with Gasteiger partial charge in [0.05, 0.1) is 5.56 Å². The molecule has 31 heavy (non-hydrogen) atoms. The Morgan fingerprint density at radius 2 is 1.68 bits per heavy atom. The molecule has 7 nitrogen and oxygen atoms in total. The van der Waals surface area contributed by atoms with Crippen LogP contribution in [-0.2, 0) is 11.8 Å². The molecule has 0 bridgehead atoms. The van der Waals surface area contributed by atoms with Crippen molar-refractivity contribution in [3.63, 3.8) is 0 Å². The smallest absolute Gasteiger partial charge is 0.335 e. The van der Waals surface area contributed by atoms with Crippen molar-refractivity contribution in [2.75, 3.05) is 31.1 Å². The van der Waals surface area contributed by atoms with Crippen LogP contribution in [0.25, 0.3) is 10.9 Å². The number of nitrogens with zero attached hydrogens (tertiary/aromatic N) is 3. The van der Waals surface area contributed by atoms with Crippen LogP contribution in [0.15, 0.2) is 42.6 Å². The van der Waals surface area contributed by atoms with Crippen LogP contribution >= 0.6 is 0 Å². The summed E-state index contributed by atoms with van der Waals surface area (Å²) in [5.41, 5.74) is 5.24. The average molecular weight is 421 g/mol. The fraction of sp³-hybridized carbons (Fsp3) is 0.333. The lowest BCUT2D eigenvalue weighted by molar-refractivity contribution is -0.143. The minimum atomic E-state index is -1.02. The summed E-state index contributed by atoms with van der Waals surface area (Å²) in [6, 6.07) is 10.4. The molecule has 1 aromatic heterocycles. The van der Waals surface area contributed by atoms with Gasteiger partial charge in [-0.3, -0.25) is 9.69 Å². The van der Waals surface area contributed by atoms with Gasteiger partial charge in [0.2, 0.25) is 0 Å². The van der Waals surface area contributed by atoms with E-state index in [1.807, 2.05) is 22.7 Å². The number of aryl methyl sites for hydroxylation is 3. The third-order valence-electron chi connectivity index (χ3n) is 6.17. The number of anilines is 1. The van der Waals surface area contributed by atoms with Gasteiger partial charge in [0.15, 0.2) is 0 Å². The number of aliphatic carboxylic acids is 1. The molecule has 2 aromatic carbocycles. The normalized spacial score (nSPS) is 15.9. The molecular weight excluding hydrogens is 394 g/mol. The molecule has 1 aliphatic rings.